The van der Waals surface area contributed by atoms with E-state index in [0.717, 1.165) is 12.1 Å². The Kier molecular flexibility index (Phi) is 0.890. The number of hydrogen-bond donors (Lipinski definition) is 0. The zero-order chi connectivity index (χ0) is 6.10. The first-order valence-corrected chi connectivity index (χ1v) is 3.07. The molecule has 0 fully saturated rings. The second kappa shape index (κ2) is 1.69. The standard InChI is InChI=1S/C8H7N/c1-2-6-9-8(3-1)7-4-5-7/h1-4,6H,5H2. The van der Waals surface area contributed by atoms with Gasteiger partial charge >= 0.3 is 0 Å². The smallest absolute Gasteiger partial charge is 0.0661 e. The molecule has 0 unspecified atom stereocenters. The lowest BCUT2D eigenvalue weighted by Crippen LogP contribution is -1.76. The summed E-state index contributed by atoms with van der Waals surface area (Å²) in [5, 5.41) is 0. The molecule has 0 N–H and O–H groups in total. The van der Waals surface area contributed by atoms with Gasteiger partial charge in [0.05, 0.1) is 5.69 Å². The summed E-state index contributed by atoms with van der Waals surface area (Å²) >= 11 is 0. The molecule has 1 aromatic rings. The Labute approximate surface area is 54.1 Å². The van der Waals surface area contributed by atoms with Crippen LogP contribution >= 0.6 is 0 Å². The summed E-state index contributed by atoms with van der Waals surface area (Å²) in [6.07, 6.45) is 5.15. The minimum atomic E-state index is 1.14. The van der Waals surface area contributed by atoms with Gasteiger partial charge in [0.1, 0.15) is 0 Å². The maximum absolute atomic E-state index is 4.17. The van der Waals surface area contributed by atoms with Crippen molar-refractivity contribution in [3.8, 4) is 0 Å². The van der Waals surface area contributed by atoms with Crippen LogP contribution in [-0.4, -0.2) is 4.98 Å². The van der Waals surface area contributed by atoms with Crippen LogP contribution in [0.4, 0.5) is 0 Å². The largest absolute Gasteiger partial charge is 0.257 e. The van der Waals surface area contributed by atoms with Crippen molar-refractivity contribution < 1.29 is 0 Å². The van der Waals surface area contributed by atoms with E-state index in [4.69, 9.17) is 0 Å². The minimum absolute atomic E-state index is 1.14. The average Bonchev–Trinajstić information content (AvgIpc) is 2.71. The van der Waals surface area contributed by atoms with Crippen molar-refractivity contribution in [2.24, 2.45) is 0 Å². The fourth-order valence-corrected chi connectivity index (χ4v) is 0.813. The lowest BCUT2D eigenvalue weighted by Gasteiger charge is -1.88. The van der Waals surface area contributed by atoms with Crippen molar-refractivity contribution in [2.45, 2.75) is 6.42 Å². The third-order valence-electron chi connectivity index (χ3n) is 1.40. The highest BCUT2D eigenvalue weighted by atomic mass is 14.7. The third-order valence-corrected chi connectivity index (χ3v) is 1.40. The fraction of sp³-hybridized carbons (Fsp3) is 0.125. The van der Waals surface area contributed by atoms with Crippen LogP contribution in [0.1, 0.15) is 12.1 Å². The molecule has 0 aliphatic heterocycles. The summed E-state index contributed by atoms with van der Waals surface area (Å²) < 4.78 is 0. The number of rotatable bonds is 1. The van der Waals surface area contributed by atoms with Gasteiger partial charge in [-0.3, -0.25) is 4.98 Å². The molecule has 0 amide bonds. The van der Waals surface area contributed by atoms with E-state index in [2.05, 4.69) is 11.1 Å². The summed E-state index contributed by atoms with van der Waals surface area (Å²) in [6, 6.07) is 5.99. The van der Waals surface area contributed by atoms with Gasteiger partial charge in [0.25, 0.3) is 0 Å². The van der Waals surface area contributed by atoms with E-state index >= 15 is 0 Å². The maximum Gasteiger partial charge on any atom is 0.0661 e. The van der Waals surface area contributed by atoms with Crippen LogP contribution in [0.3, 0.4) is 0 Å². The molecule has 0 radical (unpaired) electrons. The van der Waals surface area contributed by atoms with E-state index in [-0.39, 0.29) is 0 Å². The number of allylic oxidation sites excluding steroid dienone is 2. The van der Waals surface area contributed by atoms with Crippen molar-refractivity contribution in [3.05, 3.63) is 36.2 Å². The van der Waals surface area contributed by atoms with Gasteiger partial charge in [-0.15, -0.1) is 0 Å². The van der Waals surface area contributed by atoms with Crippen LogP contribution in [0, 0.1) is 0 Å². The van der Waals surface area contributed by atoms with Gasteiger partial charge in [-0.25, -0.2) is 0 Å². The highest BCUT2D eigenvalue weighted by Crippen LogP contribution is 2.28. The quantitative estimate of drug-likeness (QED) is 0.547. The van der Waals surface area contributed by atoms with E-state index in [1.165, 1.54) is 5.57 Å². The molecule has 9 heavy (non-hydrogen) atoms. The van der Waals surface area contributed by atoms with Crippen molar-refractivity contribution in [1.29, 1.82) is 0 Å². The molecule has 0 saturated carbocycles. The van der Waals surface area contributed by atoms with Crippen LogP contribution in [0.2, 0.25) is 0 Å². The molecule has 44 valence electrons. The summed E-state index contributed by atoms with van der Waals surface area (Å²) in [5.41, 5.74) is 2.52. The second-order valence-electron chi connectivity index (χ2n) is 2.15. The van der Waals surface area contributed by atoms with Crippen LogP contribution < -0.4 is 0 Å². The van der Waals surface area contributed by atoms with Crippen LogP contribution in [0.5, 0.6) is 0 Å². The number of pyridine rings is 1. The Morgan fingerprint density at radius 3 is 2.78 bits per heavy atom. The zero-order valence-electron chi connectivity index (χ0n) is 5.04. The molecular formula is C8H7N. The van der Waals surface area contributed by atoms with E-state index < -0.39 is 0 Å². The van der Waals surface area contributed by atoms with Crippen molar-refractivity contribution >= 4 is 5.57 Å². The van der Waals surface area contributed by atoms with E-state index in [0.29, 0.717) is 0 Å². The molecule has 0 bridgehead atoms. The van der Waals surface area contributed by atoms with Gasteiger partial charge in [-0.2, -0.15) is 0 Å². The normalized spacial score (nSPS) is 14.9. The topological polar surface area (TPSA) is 12.9 Å². The molecular weight excluding hydrogens is 110 g/mol. The number of hydrogen-bond acceptors (Lipinski definition) is 1. The monoisotopic (exact) mass is 117 g/mol. The highest BCUT2D eigenvalue weighted by Gasteiger charge is 2.09. The lowest BCUT2D eigenvalue weighted by atomic mass is 10.3. The van der Waals surface area contributed by atoms with E-state index in [9.17, 15) is 0 Å². The predicted molar refractivity (Wildman–Crippen MR) is 36.8 cm³/mol. The minimum Gasteiger partial charge on any atom is -0.257 e. The Balaban J connectivity index is 2.40. The Hall–Kier alpha value is -1.11. The SMILES string of the molecule is C1=C(c2ccccn2)C1. The molecule has 1 heterocycles. The molecule has 0 atom stereocenters. The van der Waals surface area contributed by atoms with Gasteiger partial charge < -0.3 is 0 Å². The van der Waals surface area contributed by atoms with Gasteiger partial charge in [0.15, 0.2) is 0 Å². The Morgan fingerprint density at radius 2 is 2.22 bits per heavy atom. The Bertz CT molecular complexity index is 236. The van der Waals surface area contributed by atoms with E-state index in [1.807, 2.05) is 24.4 Å². The molecule has 1 aromatic heterocycles. The van der Waals surface area contributed by atoms with Crippen LogP contribution in [0.25, 0.3) is 5.57 Å². The van der Waals surface area contributed by atoms with Crippen LogP contribution in [0.15, 0.2) is 30.5 Å². The first kappa shape index (κ1) is 4.74. The number of nitrogens with zero attached hydrogens (tertiary/aromatic N) is 1. The summed E-state index contributed by atoms with van der Waals surface area (Å²) in [5.74, 6) is 0. The van der Waals surface area contributed by atoms with E-state index in [1.54, 1.807) is 0 Å². The maximum atomic E-state index is 4.17. The fourth-order valence-electron chi connectivity index (χ4n) is 0.813. The molecule has 0 aromatic carbocycles. The molecule has 1 aliphatic carbocycles. The van der Waals surface area contributed by atoms with Gasteiger partial charge in [0, 0.05) is 6.20 Å². The Morgan fingerprint density at radius 1 is 1.33 bits per heavy atom. The third kappa shape index (κ3) is 0.854. The lowest BCUT2D eigenvalue weighted by molar-refractivity contribution is 1.28. The van der Waals surface area contributed by atoms with Crippen molar-refractivity contribution in [1.82, 2.24) is 4.98 Å². The molecule has 1 aliphatic rings. The summed E-state index contributed by atoms with van der Waals surface area (Å²) in [7, 11) is 0. The average molecular weight is 117 g/mol. The van der Waals surface area contributed by atoms with Gasteiger partial charge in [0.2, 0.25) is 0 Å². The molecule has 1 nitrogen and oxygen atoms in total. The molecule has 0 spiro atoms. The number of aromatic nitrogens is 1. The predicted octanol–water partition coefficient (Wildman–Crippen LogP) is 1.87. The zero-order valence-corrected chi connectivity index (χ0v) is 5.04. The second-order valence-corrected chi connectivity index (χ2v) is 2.15. The highest BCUT2D eigenvalue weighted by molar-refractivity contribution is 5.74. The van der Waals surface area contributed by atoms with Gasteiger partial charge in [-0.05, 0) is 24.1 Å². The van der Waals surface area contributed by atoms with Crippen molar-refractivity contribution in [2.75, 3.05) is 0 Å². The molecule has 1 heteroatoms. The summed E-state index contributed by atoms with van der Waals surface area (Å²) in [6.45, 7) is 0. The molecule has 0 saturated heterocycles. The van der Waals surface area contributed by atoms with Gasteiger partial charge in [-0.1, -0.05) is 12.1 Å². The molecule has 2 rings (SSSR count). The van der Waals surface area contributed by atoms with Crippen molar-refractivity contribution in [3.63, 3.8) is 0 Å². The van der Waals surface area contributed by atoms with Crippen LogP contribution in [-0.2, 0) is 0 Å². The first-order chi connectivity index (χ1) is 4.47. The summed E-state index contributed by atoms with van der Waals surface area (Å²) in [4.78, 5) is 4.17. The first-order valence-electron chi connectivity index (χ1n) is 3.07.